The van der Waals surface area contributed by atoms with Crippen molar-refractivity contribution in [3.63, 3.8) is 0 Å². The van der Waals surface area contributed by atoms with Crippen molar-refractivity contribution in [1.29, 1.82) is 0 Å². The number of benzene rings is 2. The Balaban J connectivity index is 1.79. The van der Waals surface area contributed by atoms with Crippen LogP contribution in [0.2, 0.25) is 0 Å². The van der Waals surface area contributed by atoms with Gasteiger partial charge < -0.3 is 0 Å². The Kier molecular flexibility index (Phi) is 10.4. The van der Waals surface area contributed by atoms with E-state index in [2.05, 4.69) is 6.92 Å². The third-order valence-electron chi connectivity index (χ3n) is 5.65. The van der Waals surface area contributed by atoms with E-state index in [1.807, 2.05) is 12.1 Å². The molecule has 3 nitrogen and oxygen atoms in total. The lowest BCUT2D eigenvalue weighted by atomic mass is 10.0. The molecule has 0 aliphatic rings. The van der Waals surface area contributed by atoms with Crippen molar-refractivity contribution in [3.8, 4) is 0 Å². The van der Waals surface area contributed by atoms with Crippen molar-refractivity contribution in [3.05, 3.63) is 59.7 Å². The summed E-state index contributed by atoms with van der Waals surface area (Å²) < 4.78 is 53.5. The first-order valence-corrected chi connectivity index (χ1v) is 12.8. The van der Waals surface area contributed by atoms with Crippen molar-refractivity contribution in [1.82, 2.24) is 0 Å². The first-order valence-electron chi connectivity index (χ1n) is 11.4. The SMILES string of the molecule is CCCCCCCCCCCCc1ccc(S(=O)(=O)N(C)c2ccc(F)cc2F)cc1. The summed E-state index contributed by atoms with van der Waals surface area (Å²) in [6.07, 6.45) is 13.7. The topological polar surface area (TPSA) is 37.4 Å². The summed E-state index contributed by atoms with van der Waals surface area (Å²) in [6, 6.07) is 9.58. The Labute approximate surface area is 186 Å². The van der Waals surface area contributed by atoms with Crippen LogP contribution >= 0.6 is 0 Å². The van der Waals surface area contributed by atoms with E-state index in [-0.39, 0.29) is 10.6 Å². The average Bonchev–Trinajstić information content (AvgIpc) is 2.75. The second kappa shape index (κ2) is 12.8. The lowest BCUT2D eigenvalue weighted by molar-refractivity contribution is 0.556. The maximum absolute atomic E-state index is 14.0. The number of unbranched alkanes of at least 4 members (excludes halogenated alkanes) is 9. The molecular weight excluding hydrogens is 416 g/mol. The van der Waals surface area contributed by atoms with E-state index in [9.17, 15) is 17.2 Å². The van der Waals surface area contributed by atoms with Crippen LogP contribution in [0.25, 0.3) is 0 Å². The molecule has 0 N–H and O–H groups in total. The van der Waals surface area contributed by atoms with Gasteiger partial charge in [-0.25, -0.2) is 17.2 Å². The number of halogens is 2. The highest BCUT2D eigenvalue weighted by Crippen LogP contribution is 2.25. The van der Waals surface area contributed by atoms with Crippen LogP contribution in [-0.4, -0.2) is 15.5 Å². The van der Waals surface area contributed by atoms with Crippen LogP contribution in [0, 0.1) is 11.6 Å². The molecule has 2 rings (SSSR count). The van der Waals surface area contributed by atoms with Gasteiger partial charge in [0.2, 0.25) is 0 Å². The molecule has 0 amide bonds. The lowest BCUT2D eigenvalue weighted by Gasteiger charge is -2.20. The molecule has 2 aromatic rings. The summed E-state index contributed by atoms with van der Waals surface area (Å²) in [6.45, 7) is 2.24. The second-order valence-corrected chi connectivity index (χ2v) is 10.1. The summed E-state index contributed by atoms with van der Waals surface area (Å²) in [7, 11) is -2.65. The minimum absolute atomic E-state index is 0.0885. The molecule has 0 fully saturated rings. The molecule has 0 radical (unpaired) electrons. The van der Waals surface area contributed by atoms with E-state index in [4.69, 9.17) is 0 Å². The fourth-order valence-corrected chi connectivity index (χ4v) is 4.87. The zero-order chi connectivity index (χ0) is 22.7. The molecule has 172 valence electrons. The molecule has 31 heavy (non-hydrogen) atoms. The molecule has 6 heteroatoms. The number of nitrogens with zero attached hydrogens (tertiary/aromatic N) is 1. The van der Waals surface area contributed by atoms with Gasteiger partial charge in [0.15, 0.2) is 0 Å². The highest BCUT2D eigenvalue weighted by molar-refractivity contribution is 7.92. The van der Waals surface area contributed by atoms with Gasteiger partial charge in [0.1, 0.15) is 11.6 Å². The van der Waals surface area contributed by atoms with Crippen LogP contribution in [-0.2, 0) is 16.4 Å². The molecule has 0 heterocycles. The van der Waals surface area contributed by atoms with Crippen molar-refractivity contribution < 1.29 is 17.2 Å². The fourth-order valence-electron chi connectivity index (χ4n) is 3.67. The molecule has 0 aromatic heterocycles. The van der Waals surface area contributed by atoms with E-state index in [0.717, 1.165) is 34.8 Å². The maximum atomic E-state index is 14.0. The van der Waals surface area contributed by atoms with E-state index in [1.54, 1.807) is 12.1 Å². The average molecular weight is 452 g/mol. The van der Waals surface area contributed by atoms with Crippen LogP contribution in [0.15, 0.2) is 47.4 Å². The quantitative estimate of drug-likeness (QED) is 0.284. The number of anilines is 1. The highest BCUT2D eigenvalue weighted by atomic mass is 32.2. The Morgan fingerprint density at radius 2 is 1.32 bits per heavy atom. The van der Waals surface area contributed by atoms with Gasteiger partial charge in [-0.05, 0) is 42.7 Å². The minimum Gasteiger partial charge on any atom is -0.266 e. The van der Waals surface area contributed by atoms with Gasteiger partial charge in [0.25, 0.3) is 10.0 Å². The van der Waals surface area contributed by atoms with Crippen molar-refractivity contribution in [2.24, 2.45) is 0 Å². The Hall–Kier alpha value is -1.95. The third kappa shape index (κ3) is 7.91. The van der Waals surface area contributed by atoms with Crippen molar-refractivity contribution >= 4 is 15.7 Å². The number of sulfonamides is 1. The van der Waals surface area contributed by atoms with Crippen molar-refractivity contribution in [2.45, 2.75) is 82.4 Å². The van der Waals surface area contributed by atoms with Gasteiger partial charge in [0, 0.05) is 13.1 Å². The van der Waals surface area contributed by atoms with E-state index in [1.165, 1.54) is 64.8 Å². The minimum atomic E-state index is -3.92. The predicted molar refractivity (Wildman–Crippen MR) is 124 cm³/mol. The van der Waals surface area contributed by atoms with Gasteiger partial charge in [-0.3, -0.25) is 4.31 Å². The predicted octanol–water partition coefficient (Wildman–Crippen LogP) is 7.25. The van der Waals surface area contributed by atoms with Gasteiger partial charge >= 0.3 is 0 Å². The zero-order valence-electron chi connectivity index (χ0n) is 18.7. The standard InChI is InChI=1S/C25H35F2NO2S/c1-3-4-5-6-7-8-9-10-11-12-13-21-14-17-23(18-15-21)31(29,30)28(2)25-19-16-22(26)20-24(25)27/h14-20H,3-13H2,1-2H3. The number of hydrogen-bond acceptors (Lipinski definition) is 2. The van der Waals surface area contributed by atoms with Gasteiger partial charge in [-0.1, -0.05) is 76.8 Å². The van der Waals surface area contributed by atoms with E-state index in [0.29, 0.717) is 6.07 Å². The highest BCUT2D eigenvalue weighted by Gasteiger charge is 2.23. The largest absolute Gasteiger partial charge is 0.266 e. The molecule has 0 aliphatic carbocycles. The zero-order valence-corrected chi connectivity index (χ0v) is 19.6. The first-order chi connectivity index (χ1) is 14.9. The maximum Gasteiger partial charge on any atom is 0.264 e. The molecule has 0 saturated carbocycles. The summed E-state index contributed by atoms with van der Waals surface area (Å²) in [5, 5.41) is 0. The Bertz CT molecular complexity index is 898. The number of aryl methyl sites for hydroxylation is 1. The summed E-state index contributed by atoms with van der Waals surface area (Å²) >= 11 is 0. The van der Waals surface area contributed by atoms with Crippen LogP contribution in [0.4, 0.5) is 14.5 Å². The molecule has 0 atom stereocenters. The smallest absolute Gasteiger partial charge is 0.264 e. The van der Waals surface area contributed by atoms with Gasteiger partial charge in [-0.2, -0.15) is 0 Å². The van der Waals surface area contributed by atoms with E-state index < -0.39 is 21.7 Å². The fraction of sp³-hybridized carbons (Fsp3) is 0.520. The molecule has 2 aromatic carbocycles. The van der Waals surface area contributed by atoms with Crippen LogP contribution < -0.4 is 4.31 Å². The normalized spacial score (nSPS) is 11.6. The molecule has 0 spiro atoms. The van der Waals surface area contributed by atoms with Gasteiger partial charge in [-0.15, -0.1) is 0 Å². The summed E-state index contributed by atoms with van der Waals surface area (Å²) in [5.41, 5.74) is 0.907. The van der Waals surface area contributed by atoms with Crippen LogP contribution in [0.1, 0.15) is 76.7 Å². The van der Waals surface area contributed by atoms with Crippen molar-refractivity contribution in [2.75, 3.05) is 11.4 Å². The Morgan fingerprint density at radius 3 is 1.87 bits per heavy atom. The molecule has 0 saturated heterocycles. The lowest BCUT2D eigenvalue weighted by Crippen LogP contribution is -2.27. The molecular formula is C25H35F2NO2S. The Morgan fingerprint density at radius 1 is 0.774 bits per heavy atom. The summed E-state index contributed by atoms with van der Waals surface area (Å²) in [4.78, 5) is 0.0885. The first kappa shape index (κ1) is 25.3. The van der Waals surface area contributed by atoms with Gasteiger partial charge in [0.05, 0.1) is 10.6 Å². The van der Waals surface area contributed by atoms with E-state index >= 15 is 0 Å². The molecule has 0 bridgehead atoms. The number of rotatable bonds is 14. The summed E-state index contributed by atoms with van der Waals surface area (Å²) in [5.74, 6) is -1.66. The monoisotopic (exact) mass is 451 g/mol. The van der Waals surface area contributed by atoms with Crippen LogP contribution in [0.5, 0.6) is 0 Å². The third-order valence-corrected chi connectivity index (χ3v) is 7.44. The molecule has 0 unspecified atom stereocenters. The number of hydrogen-bond donors (Lipinski definition) is 0. The van der Waals surface area contributed by atoms with Crippen LogP contribution in [0.3, 0.4) is 0 Å². The molecule has 0 aliphatic heterocycles. The second-order valence-electron chi connectivity index (χ2n) is 8.14.